The molecular weight excluding hydrogens is 278 g/mol. The molecule has 122 valence electrons. The van der Waals surface area contributed by atoms with Crippen molar-refractivity contribution in [2.45, 2.75) is 39.2 Å². The Morgan fingerprint density at radius 3 is 2.91 bits per heavy atom. The first kappa shape index (κ1) is 16.5. The van der Waals surface area contributed by atoms with Gasteiger partial charge in [-0.05, 0) is 45.8 Å². The van der Waals surface area contributed by atoms with Crippen LogP contribution in [0.3, 0.4) is 0 Å². The third-order valence-electron chi connectivity index (χ3n) is 3.95. The Labute approximate surface area is 132 Å². The number of nitrogen functional groups attached to an aromatic ring is 1. The zero-order chi connectivity index (χ0) is 15.8. The Hall–Kier alpha value is -1.82. The first-order chi connectivity index (χ1) is 10.7. The highest BCUT2D eigenvalue weighted by molar-refractivity contribution is 5.98. The molecule has 2 rings (SSSR count). The van der Waals surface area contributed by atoms with Gasteiger partial charge in [0, 0.05) is 12.7 Å². The van der Waals surface area contributed by atoms with E-state index in [9.17, 15) is 4.79 Å². The summed E-state index contributed by atoms with van der Waals surface area (Å²) in [6, 6.07) is 0. The smallest absolute Gasteiger partial charge is 0.256 e. The summed E-state index contributed by atoms with van der Waals surface area (Å²) in [5, 5.41) is 7.08. The Balaban J connectivity index is 1.73. The second kappa shape index (κ2) is 8.58. The molecule has 0 spiro atoms. The molecular formula is C16H27N5O. The molecule has 6 heteroatoms. The molecule has 1 aliphatic rings. The lowest BCUT2D eigenvalue weighted by Gasteiger charge is -2.26. The van der Waals surface area contributed by atoms with Crippen LogP contribution < -0.4 is 11.1 Å². The lowest BCUT2D eigenvalue weighted by Crippen LogP contribution is -2.33. The van der Waals surface area contributed by atoms with Crippen molar-refractivity contribution in [1.82, 2.24) is 20.0 Å². The van der Waals surface area contributed by atoms with Crippen LogP contribution in [0.15, 0.2) is 18.3 Å². The minimum atomic E-state index is -0.136. The van der Waals surface area contributed by atoms with Gasteiger partial charge in [0.15, 0.2) is 5.82 Å². The van der Waals surface area contributed by atoms with Crippen LogP contribution in [0.4, 0.5) is 5.82 Å². The monoisotopic (exact) mass is 305 g/mol. The van der Waals surface area contributed by atoms with Crippen LogP contribution in [0, 0.1) is 0 Å². The molecule has 0 radical (unpaired) electrons. The van der Waals surface area contributed by atoms with Gasteiger partial charge in [-0.2, -0.15) is 5.10 Å². The molecule has 0 aromatic carbocycles. The predicted octanol–water partition coefficient (Wildman–Crippen LogP) is 1.65. The minimum Gasteiger partial charge on any atom is -0.382 e. The molecule has 0 unspecified atom stereocenters. The van der Waals surface area contributed by atoms with Crippen molar-refractivity contribution in [1.29, 1.82) is 0 Å². The molecule has 1 aromatic heterocycles. The van der Waals surface area contributed by atoms with E-state index in [1.165, 1.54) is 32.4 Å². The van der Waals surface area contributed by atoms with E-state index < -0.39 is 0 Å². The van der Waals surface area contributed by atoms with E-state index in [-0.39, 0.29) is 11.7 Å². The molecule has 1 fully saturated rings. The molecule has 0 atom stereocenters. The van der Waals surface area contributed by atoms with Gasteiger partial charge >= 0.3 is 0 Å². The van der Waals surface area contributed by atoms with Gasteiger partial charge in [0.2, 0.25) is 0 Å². The van der Waals surface area contributed by atoms with Crippen molar-refractivity contribution < 1.29 is 4.79 Å². The molecule has 1 aliphatic heterocycles. The van der Waals surface area contributed by atoms with E-state index in [0.717, 1.165) is 13.0 Å². The number of amides is 1. The molecule has 6 nitrogen and oxygen atoms in total. The fourth-order valence-corrected chi connectivity index (χ4v) is 2.70. The summed E-state index contributed by atoms with van der Waals surface area (Å²) in [4.78, 5) is 14.6. The van der Waals surface area contributed by atoms with E-state index in [2.05, 4.69) is 15.3 Å². The van der Waals surface area contributed by atoms with E-state index in [4.69, 9.17) is 5.73 Å². The maximum absolute atomic E-state index is 12.1. The second-order valence-corrected chi connectivity index (χ2v) is 5.73. The number of rotatable bonds is 7. The molecule has 1 saturated heterocycles. The maximum Gasteiger partial charge on any atom is 0.256 e. The first-order valence-electron chi connectivity index (χ1n) is 8.15. The van der Waals surface area contributed by atoms with E-state index in [0.29, 0.717) is 18.7 Å². The average Bonchev–Trinajstić information content (AvgIpc) is 2.91. The molecule has 0 saturated carbocycles. The third-order valence-corrected chi connectivity index (χ3v) is 3.95. The number of nitrogens with two attached hydrogens (primary N) is 1. The molecule has 1 amide bonds. The van der Waals surface area contributed by atoms with Crippen LogP contribution in [-0.2, 0) is 6.54 Å². The number of carbonyl (C=O) groups is 1. The number of aromatic nitrogens is 2. The van der Waals surface area contributed by atoms with Crippen LogP contribution in [0.2, 0.25) is 0 Å². The average molecular weight is 305 g/mol. The number of carbonyl (C=O) groups excluding carboxylic acids is 1. The fourth-order valence-electron chi connectivity index (χ4n) is 2.70. The van der Waals surface area contributed by atoms with Gasteiger partial charge < -0.3 is 16.0 Å². The molecule has 22 heavy (non-hydrogen) atoms. The maximum atomic E-state index is 12.1. The summed E-state index contributed by atoms with van der Waals surface area (Å²) < 4.78 is 1.68. The summed E-state index contributed by atoms with van der Waals surface area (Å²) in [5.41, 5.74) is 6.27. The molecule has 2 heterocycles. The molecule has 1 aromatic rings. The van der Waals surface area contributed by atoms with Crippen molar-refractivity contribution in [3.63, 3.8) is 0 Å². The lowest BCUT2D eigenvalue weighted by molar-refractivity contribution is 0.0952. The number of nitrogens with one attached hydrogen (secondary N) is 1. The van der Waals surface area contributed by atoms with Gasteiger partial charge in [-0.1, -0.05) is 18.6 Å². The van der Waals surface area contributed by atoms with Crippen LogP contribution in [-0.4, -0.2) is 46.8 Å². The zero-order valence-corrected chi connectivity index (χ0v) is 13.4. The topological polar surface area (TPSA) is 76.2 Å². The van der Waals surface area contributed by atoms with Crippen molar-refractivity contribution in [2.75, 3.05) is 31.9 Å². The Morgan fingerprint density at radius 1 is 1.41 bits per heavy atom. The number of hydrogen-bond acceptors (Lipinski definition) is 4. The largest absolute Gasteiger partial charge is 0.382 e. The summed E-state index contributed by atoms with van der Waals surface area (Å²) in [6.07, 6.45) is 10.5. The van der Waals surface area contributed by atoms with Crippen LogP contribution in [0.1, 0.15) is 43.0 Å². The molecule has 0 aliphatic carbocycles. The third kappa shape index (κ3) is 4.87. The van der Waals surface area contributed by atoms with Crippen molar-refractivity contribution in [3.05, 3.63) is 23.9 Å². The standard InChI is InChI=1S/C16H27N5O/c1-2-3-12-21-13-14(15(17)19-21)16(22)18-8-7-11-20-9-5-4-6-10-20/h2-3,13H,4-12H2,1H3,(H2,17,19)(H,18,22)/b3-2+. The predicted molar refractivity (Wildman–Crippen MR) is 88.7 cm³/mol. The van der Waals surface area contributed by atoms with Crippen molar-refractivity contribution >= 4 is 11.7 Å². The Kier molecular flexibility index (Phi) is 6.45. The number of piperidine rings is 1. The SMILES string of the molecule is C/C=C/Cn1cc(C(=O)NCCCN2CCCCC2)c(N)n1. The summed E-state index contributed by atoms with van der Waals surface area (Å²) >= 11 is 0. The van der Waals surface area contributed by atoms with Gasteiger partial charge in [0.1, 0.15) is 5.56 Å². The highest BCUT2D eigenvalue weighted by atomic mass is 16.1. The van der Waals surface area contributed by atoms with E-state index in [1.807, 2.05) is 19.1 Å². The van der Waals surface area contributed by atoms with E-state index in [1.54, 1.807) is 10.9 Å². The minimum absolute atomic E-state index is 0.136. The normalized spacial score (nSPS) is 16.2. The van der Waals surface area contributed by atoms with Crippen molar-refractivity contribution in [3.8, 4) is 0 Å². The van der Waals surface area contributed by atoms with Gasteiger partial charge in [-0.15, -0.1) is 0 Å². The number of likely N-dealkylation sites (tertiary alicyclic amines) is 1. The van der Waals surface area contributed by atoms with Crippen LogP contribution >= 0.6 is 0 Å². The summed E-state index contributed by atoms with van der Waals surface area (Å²) in [7, 11) is 0. The molecule has 0 bridgehead atoms. The van der Waals surface area contributed by atoms with Crippen molar-refractivity contribution in [2.24, 2.45) is 0 Å². The number of nitrogens with zero attached hydrogens (tertiary/aromatic N) is 3. The summed E-state index contributed by atoms with van der Waals surface area (Å²) in [5.74, 6) is 0.154. The van der Waals surface area contributed by atoms with Gasteiger partial charge in [-0.3, -0.25) is 9.48 Å². The number of allylic oxidation sites excluding steroid dienone is 2. The van der Waals surface area contributed by atoms with Gasteiger partial charge in [0.05, 0.1) is 6.54 Å². The van der Waals surface area contributed by atoms with Crippen LogP contribution in [0.25, 0.3) is 0 Å². The Morgan fingerprint density at radius 2 is 2.18 bits per heavy atom. The van der Waals surface area contributed by atoms with Gasteiger partial charge in [0.25, 0.3) is 5.91 Å². The lowest BCUT2D eigenvalue weighted by atomic mass is 10.1. The van der Waals surface area contributed by atoms with Crippen LogP contribution in [0.5, 0.6) is 0 Å². The Bertz CT molecular complexity index is 503. The fraction of sp³-hybridized carbons (Fsp3) is 0.625. The van der Waals surface area contributed by atoms with E-state index >= 15 is 0 Å². The summed E-state index contributed by atoms with van der Waals surface area (Å²) in [6.45, 7) is 6.69. The quantitative estimate of drug-likeness (QED) is 0.593. The highest BCUT2D eigenvalue weighted by Gasteiger charge is 2.14. The first-order valence-corrected chi connectivity index (χ1v) is 8.15. The molecule has 3 N–H and O–H groups in total. The highest BCUT2D eigenvalue weighted by Crippen LogP contribution is 2.10. The zero-order valence-electron chi connectivity index (χ0n) is 13.4. The number of anilines is 1. The second-order valence-electron chi connectivity index (χ2n) is 5.73. The number of hydrogen-bond donors (Lipinski definition) is 2. The van der Waals surface area contributed by atoms with Gasteiger partial charge in [-0.25, -0.2) is 0 Å².